The molecule has 25 heavy (non-hydrogen) atoms. The van der Waals surface area contributed by atoms with Crippen molar-refractivity contribution in [1.82, 2.24) is 4.98 Å². The van der Waals surface area contributed by atoms with Gasteiger partial charge < -0.3 is 14.8 Å². The van der Waals surface area contributed by atoms with Crippen molar-refractivity contribution in [2.45, 2.75) is 13.8 Å². The molecule has 0 saturated carbocycles. The smallest absolute Gasteiger partial charge is 0.338 e. The monoisotopic (exact) mass is 336 g/mol. The topological polar surface area (TPSA) is 60.5 Å². The summed E-state index contributed by atoms with van der Waals surface area (Å²) in [5, 5.41) is 4.36. The zero-order valence-electron chi connectivity index (χ0n) is 14.5. The van der Waals surface area contributed by atoms with Crippen LogP contribution < -0.4 is 10.1 Å². The first kappa shape index (κ1) is 16.8. The number of anilines is 2. The Hall–Kier alpha value is -3.08. The van der Waals surface area contributed by atoms with E-state index in [0.29, 0.717) is 12.2 Å². The van der Waals surface area contributed by atoms with Crippen LogP contribution in [0.4, 0.5) is 11.4 Å². The van der Waals surface area contributed by atoms with Crippen LogP contribution in [0, 0.1) is 6.92 Å². The van der Waals surface area contributed by atoms with Crippen molar-refractivity contribution < 1.29 is 14.3 Å². The molecule has 3 rings (SSSR count). The second-order valence-corrected chi connectivity index (χ2v) is 5.59. The molecular weight excluding hydrogens is 316 g/mol. The molecule has 0 aliphatic heterocycles. The number of hydrogen-bond donors (Lipinski definition) is 1. The summed E-state index contributed by atoms with van der Waals surface area (Å²) in [5.41, 5.74) is 4.05. The maximum absolute atomic E-state index is 11.7. The summed E-state index contributed by atoms with van der Waals surface area (Å²) in [7, 11) is 1.64. The van der Waals surface area contributed by atoms with Gasteiger partial charge in [-0.05, 0) is 50.2 Å². The number of nitrogens with one attached hydrogen (secondary N) is 1. The summed E-state index contributed by atoms with van der Waals surface area (Å²) < 4.78 is 10.4. The minimum absolute atomic E-state index is 0.316. The van der Waals surface area contributed by atoms with Crippen LogP contribution in [0.2, 0.25) is 0 Å². The summed E-state index contributed by atoms with van der Waals surface area (Å²) in [4.78, 5) is 16.3. The number of esters is 1. The van der Waals surface area contributed by atoms with E-state index in [1.54, 1.807) is 26.2 Å². The van der Waals surface area contributed by atoms with Crippen LogP contribution in [0.25, 0.3) is 10.9 Å². The number of ether oxygens (including phenoxy) is 2. The fraction of sp³-hybridized carbons (Fsp3) is 0.200. The Bertz CT molecular complexity index is 905. The first-order chi connectivity index (χ1) is 12.1. The van der Waals surface area contributed by atoms with E-state index in [2.05, 4.69) is 10.3 Å². The highest BCUT2D eigenvalue weighted by molar-refractivity contribution is 5.96. The Morgan fingerprint density at radius 2 is 1.92 bits per heavy atom. The Kier molecular flexibility index (Phi) is 4.84. The lowest BCUT2D eigenvalue weighted by atomic mass is 10.1. The van der Waals surface area contributed by atoms with Gasteiger partial charge in [-0.15, -0.1) is 0 Å². The van der Waals surface area contributed by atoms with Crippen molar-refractivity contribution in [2.24, 2.45) is 0 Å². The van der Waals surface area contributed by atoms with Gasteiger partial charge in [-0.3, -0.25) is 0 Å². The van der Waals surface area contributed by atoms with Gasteiger partial charge in [0.1, 0.15) is 11.3 Å². The lowest BCUT2D eigenvalue weighted by molar-refractivity contribution is 0.0526. The van der Waals surface area contributed by atoms with Gasteiger partial charge in [0.2, 0.25) is 0 Å². The summed E-state index contributed by atoms with van der Waals surface area (Å²) in [6.45, 7) is 4.10. The van der Waals surface area contributed by atoms with Gasteiger partial charge in [-0.25, -0.2) is 9.78 Å². The van der Waals surface area contributed by atoms with Crippen LogP contribution in [-0.4, -0.2) is 24.7 Å². The summed E-state index contributed by atoms with van der Waals surface area (Å²) in [6.07, 6.45) is 0. The number of aromatic nitrogens is 1. The van der Waals surface area contributed by atoms with E-state index >= 15 is 0 Å². The van der Waals surface area contributed by atoms with Crippen molar-refractivity contribution in [1.29, 1.82) is 0 Å². The molecule has 5 heteroatoms. The van der Waals surface area contributed by atoms with E-state index in [4.69, 9.17) is 9.47 Å². The molecule has 0 bridgehead atoms. The lowest BCUT2D eigenvalue weighted by Gasteiger charge is -2.13. The predicted molar refractivity (Wildman–Crippen MR) is 98.7 cm³/mol. The first-order valence-corrected chi connectivity index (χ1v) is 8.11. The molecule has 1 aromatic heterocycles. The molecular formula is C20H20N2O3. The van der Waals surface area contributed by atoms with Crippen molar-refractivity contribution in [3.05, 3.63) is 59.8 Å². The number of nitrogens with zero attached hydrogens (tertiary/aromatic N) is 1. The Morgan fingerprint density at radius 3 is 2.60 bits per heavy atom. The molecule has 0 saturated heterocycles. The number of carbonyl (C=O) groups excluding carboxylic acids is 1. The number of rotatable bonds is 5. The van der Waals surface area contributed by atoms with Crippen molar-refractivity contribution in [3.63, 3.8) is 0 Å². The molecule has 2 aromatic carbocycles. The molecule has 0 radical (unpaired) electrons. The van der Waals surface area contributed by atoms with Gasteiger partial charge in [-0.1, -0.05) is 12.1 Å². The number of pyridine rings is 1. The zero-order chi connectivity index (χ0) is 17.8. The van der Waals surface area contributed by atoms with Crippen LogP contribution in [0.3, 0.4) is 0 Å². The van der Waals surface area contributed by atoms with Crippen LogP contribution in [-0.2, 0) is 4.74 Å². The number of para-hydroxylation sites is 1. The highest BCUT2D eigenvalue weighted by Crippen LogP contribution is 2.31. The van der Waals surface area contributed by atoms with Crippen molar-refractivity contribution in [2.75, 3.05) is 19.0 Å². The van der Waals surface area contributed by atoms with Gasteiger partial charge in [0, 0.05) is 22.5 Å². The third-order valence-corrected chi connectivity index (χ3v) is 3.83. The van der Waals surface area contributed by atoms with E-state index in [9.17, 15) is 4.79 Å². The highest BCUT2D eigenvalue weighted by atomic mass is 16.5. The van der Waals surface area contributed by atoms with E-state index < -0.39 is 0 Å². The molecule has 5 nitrogen and oxygen atoms in total. The molecule has 0 spiro atoms. The van der Waals surface area contributed by atoms with Crippen LogP contribution >= 0.6 is 0 Å². The van der Waals surface area contributed by atoms with Gasteiger partial charge >= 0.3 is 5.97 Å². The lowest BCUT2D eigenvalue weighted by Crippen LogP contribution is -2.04. The third kappa shape index (κ3) is 3.55. The molecule has 0 atom stereocenters. The standard InChI is InChI=1S/C20H20N2O3/c1-4-25-20(23)14-8-10-15(11-9-14)22-17-12-13(2)21-19-16(17)6-5-7-18(19)24-3/h5-12H,4H2,1-3H3,(H,21,22). The maximum atomic E-state index is 11.7. The quantitative estimate of drug-likeness (QED) is 0.697. The molecule has 1 heterocycles. The maximum Gasteiger partial charge on any atom is 0.338 e. The van der Waals surface area contributed by atoms with Crippen LogP contribution in [0.1, 0.15) is 23.0 Å². The largest absolute Gasteiger partial charge is 0.494 e. The van der Waals surface area contributed by atoms with Crippen LogP contribution in [0.5, 0.6) is 5.75 Å². The number of aryl methyl sites for hydroxylation is 1. The Labute approximate surface area is 146 Å². The minimum Gasteiger partial charge on any atom is -0.494 e. The molecule has 0 unspecified atom stereocenters. The number of carbonyl (C=O) groups is 1. The molecule has 0 fully saturated rings. The number of methoxy groups -OCH3 is 1. The summed E-state index contributed by atoms with van der Waals surface area (Å²) in [5.74, 6) is 0.422. The van der Waals surface area contributed by atoms with E-state index in [0.717, 1.165) is 33.7 Å². The molecule has 0 aliphatic rings. The fourth-order valence-electron chi connectivity index (χ4n) is 2.68. The van der Waals surface area contributed by atoms with Crippen LogP contribution in [0.15, 0.2) is 48.5 Å². The molecule has 128 valence electrons. The predicted octanol–water partition coefficient (Wildman–Crippen LogP) is 4.47. The van der Waals surface area contributed by atoms with E-state index in [1.165, 1.54) is 0 Å². The molecule has 3 aromatic rings. The van der Waals surface area contributed by atoms with Gasteiger partial charge in [-0.2, -0.15) is 0 Å². The van der Waals surface area contributed by atoms with Crippen molar-refractivity contribution in [3.8, 4) is 5.75 Å². The summed E-state index contributed by atoms with van der Waals surface area (Å²) >= 11 is 0. The number of benzene rings is 2. The fourth-order valence-corrected chi connectivity index (χ4v) is 2.68. The third-order valence-electron chi connectivity index (χ3n) is 3.83. The molecule has 0 aliphatic carbocycles. The second-order valence-electron chi connectivity index (χ2n) is 5.59. The first-order valence-electron chi connectivity index (χ1n) is 8.11. The number of hydrogen-bond acceptors (Lipinski definition) is 5. The highest BCUT2D eigenvalue weighted by Gasteiger charge is 2.10. The van der Waals surface area contributed by atoms with E-state index in [1.807, 2.05) is 43.3 Å². The number of fused-ring (bicyclic) bond motifs is 1. The second kappa shape index (κ2) is 7.21. The average Bonchev–Trinajstić information content (AvgIpc) is 2.62. The SMILES string of the molecule is CCOC(=O)c1ccc(Nc2cc(C)nc3c(OC)cccc23)cc1. The zero-order valence-corrected chi connectivity index (χ0v) is 14.5. The average molecular weight is 336 g/mol. The molecule has 0 amide bonds. The van der Waals surface area contributed by atoms with Gasteiger partial charge in [0.15, 0.2) is 0 Å². The van der Waals surface area contributed by atoms with Gasteiger partial charge in [0.25, 0.3) is 0 Å². The Balaban J connectivity index is 1.94. The summed E-state index contributed by atoms with van der Waals surface area (Å²) in [6, 6.07) is 15.0. The van der Waals surface area contributed by atoms with E-state index in [-0.39, 0.29) is 5.97 Å². The van der Waals surface area contributed by atoms with Gasteiger partial charge in [0.05, 0.1) is 19.3 Å². The molecule has 1 N–H and O–H groups in total. The Morgan fingerprint density at radius 1 is 1.16 bits per heavy atom. The van der Waals surface area contributed by atoms with Crippen molar-refractivity contribution >= 4 is 28.2 Å². The minimum atomic E-state index is -0.316. The normalized spacial score (nSPS) is 10.5.